The molecule has 1 N–H and O–H groups in total. The zero-order valence-electron chi connectivity index (χ0n) is 24.3. The Morgan fingerprint density at radius 2 is 1.33 bits per heavy atom. The van der Waals surface area contributed by atoms with Crippen molar-refractivity contribution < 1.29 is 0 Å². The Morgan fingerprint density at radius 1 is 0.622 bits per heavy atom. The first-order chi connectivity index (χ1) is 22.2. The van der Waals surface area contributed by atoms with Crippen LogP contribution in [0.2, 0.25) is 0 Å². The second-order valence-corrected chi connectivity index (χ2v) is 17.8. The molecular formula is C40H28N3PSe. The van der Waals surface area contributed by atoms with Crippen LogP contribution < -0.4 is 26.1 Å². The second kappa shape index (κ2) is 10.4. The maximum absolute atomic E-state index is 5.06. The number of rotatable bonds is 4. The fourth-order valence-electron chi connectivity index (χ4n) is 7.02. The predicted molar refractivity (Wildman–Crippen MR) is 192 cm³/mol. The molecule has 0 radical (unpaired) electrons. The molecule has 0 saturated heterocycles. The Morgan fingerprint density at radius 3 is 2.09 bits per heavy atom. The van der Waals surface area contributed by atoms with Crippen LogP contribution in [0.5, 0.6) is 0 Å². The zero-order chi connectivity index (χ0) is 30.0. The van der Waals surface area contributed by atoms with Crippen LogP contribution >= 0.6 is 5.51 Å². The molecule has 0 spiro atoms. The normalized spacial score (nSPS) is 14.7. The molecule has 0 aliphatic carbocycles. The van der Waals surface area contributed by atoms with Crippen molar-refractivity contribution in [1.82, 2.24) is 4.98 Å². The van der Waals surface area contributed by atoms with Gasteiger partial charge in [-0.15, -0.1) is 0 Å². The number of hydrogen-bond donors (Lipinski definition) is 1. The molecule has 2 aliphatic rings. The summed E-state index contributed by atoms with van der Waals surface area (Å²) in [7, 11) is 0. The quantitative estimate of drug-likeness (QED) is 0.152. The molecule has 0 amide bonds. The Balaban J connectivity index is 1.15. The molecule has 1 unspecified atom stereocenters. The monoisotopic (exact) mass is 661 g/mol. The molecule has 0 bridgehead atoms. The molecule has 214 valence electrons. The second-order valence-electron chi connectivity index (χ2n) is 11.6. The molecule has 1 aromatic heterocycles. The predicted octanol–water partition coefficient (Wildman–Crippen LogP) is 8.52. The van der Waals surface area contributed by atoms with E-state index in [4.69, 9.17) is 4.98 Å². The molecule has 45 heavy (non-hydrogen) atoms. The van der Waals surface area contributed by atoms with Crippen molar-refractivity contribution in [3.8, 4) is 22.4 Å². The van der Waals surface area contributed by atoms with Gasteiger partial charge in [-0.25, -0.2) is 0 Å². The van der Waals surface area contributed by atoms with Crippen molar-refractivity contribution >= 4 is 64.4 Å². The first-order valence-corrected chi connectivity index (χ1v) is 19.2. The summed E-state index contributed by atoms with van der Waals surface area (Å²) in [6.07, 6.45) is 2.14. The summed E-state index contributed by atoms with van der Waals surface area (Å²) in [5.41, 5.74) is 7.64. The number of fused-ring (bicyclic) bond motifs is 10. The molecule has 1 atom stereocenters. The third kappa shape index (κ3) is 4.11. The first kappa shape index (κ1) is 26.7. The van der Waals surface area contributed by atoms with Gasteiger partial charge in [-0.3, -0.25) is 0 Å². The van der Waals surface area contributed by atoms with E-state index in [9.17, 15) is 0 Å². The van der Waals surface area contributed by atoms with Crippen LogP contribution in [-0.2, 0) is 0 Å². The van der Waals surface area contributed by atoms with Crippen molar-refractivity contribution in [2.24, 2.45) is 0 Å². The summed E-state index contributed by atoms with van der Waals surface area (Å²) < 4.78 is 0. The van der Waals surface area contributed by atoms with E-state index >= 15 is 0 Å². The molecule has 9 rings (SSSR count). The van der Waals surface area contributed by atoms with Crippen LogP contribution in [0.4, 0.5) is 17.1 Å². The van der Waals surface area contributed by atoms with Crippen molar-refractivity contribution in [3.05, 3.63) is 163 Å². The minimum atomic E-state index is -1.95. The summed E-state index contributed by atoms with van der Waals surface area (Å²) in [5, 5.41) is 10.1. The van der Waals surface area contributed by atoms with Gasteiger partial charge >= 0.3 is 206 Å². The zero-order valence-corrected chi connectivity index (χ0v) is 26.9. The molecule has 0 fully saturated rings. The average Bonchev–Trinajstić information content (AvgIpc) is 3.51. The van der Waals surface area contributed by atoms with Gasteiger partial charge in [-0.05, 0) is 12.1 Å². The van der Waals surface area contributed by atoms with Gasteiger partial charge < -0.3 is 5.32 Å². The van der Waals surface area contributed by atoms with E-state index in [1.165, 1.54) is 60.4 Å². The van der Waals surface area contributed by atoms with Crippen molar-refractivity contribution in [2.45, 2.75) is 6.17 Å². The summed E-state index contributed by atoms with van der Waals surface area (Å²) in [6.45, 7) is 0. The number of anilines is 3. The molecule has 5 heteroatoms. The molecule has 3 heterocycles. The Labute approximate surface area is 270 Å². The number of nitrogens with one attached hydrogen (secondary N) is 1. The van der Waals surface area contributed by atoms with E-state index in [-0.39, 0.29) is 6.17 Å². The van der Waals surface area contributed by atoms with Gasteiger partial charge in [-0.2, -0.15) is 0 Å². The van der Waals surface area contributed by atoms with Crippen LogP contribution in [0.15, 0.2) is 158 Å². The van der Waals surface area contributed by atoms with Gasteiger partial charge in [0, 0.05) is 5.56 Å². The van der Waals surface area contributed by atoms with Gasteiger partial charge in [-0.1, -0.05) is 36.4 Å². The number of para-hydroxylation sites is 2. The van der Waals surface area contributed by atoms with Gasteiger partial charge in [0.15, 0.2) is 0 Å². The molecule has 3 nitrogen and oxygen atoms in total. The van der Waals surface area contributed by atoms with E-state index < -0.39 is 5.51 Å². The Kier molecular flexibility index (Phi) is 6.18. The minimum absolute atomic E-state index is 0.0641. The Bertz CT molecular complexity index is 2240. The van der Waals surface area contributed by atoms with E-state index in [0.717, 1.165) is 11.3 Å². The van der Waals surface area contributed by atoms with E-state index in [0.29, 0.717) is 0 Å². The van der Waals surface area contributed by atoms with Crippen LogP contribution in [0.25, 0.3) is 33.2 Å². The number of hydrogen-bond acceptors (Lipinski definition) is 3. The average molecular weight is 661 g/mol. The number of pyridine rings is 1. The van der Waals surface area contributed by atoms with E-state index in [1.807, 2.05) is 0 Å². The van der Waals surface area contributed by atoms with E-state index in [2.05, 4.69) is 183 Å². The van der Waals surface area contributed by atoms with Gasteiger partial charge in [0.05, 0.1) is 5.69 Å². The van der Waals surface area contributed by atoms with Crippen LogP contribution in [0.3, 0.4) is 0 Å². The fraction of sp³-hybridized carbons (Fsp3) is 0.0250. The molecule has 6 aromatic carbocycles. The maximum atomic E-state index is 5.06. The van der Waals surface area contributed by atoms with Crippen LogP contribution in [0, 0.1) is 0 Å². The standard InChI is InChI=1S/C40H28N3PSe/c45-44(29-11-3-1-4-12-29,30-13-5-2-6-14-30)31-21-24-36(41-26-31)28-20-22-32-27(25-28)19-23-34-33-15-7-8-16-35(33)40-42-37-17-9-10-18-38(37)43(40)39(32)34/h1-26,40,42H. The van der Waals surface area contributed by atoms with Gasteiger partial charge in [0.2, 0.25) is 0 Å². The molecule has 2 aliphatic heterocycles. The molecular weight excluding hydrogens is 632 g/mol. The van der Waals surface area contributed by atoms with Crippen molar-refractivity contribution in [1.29, 1.82) is 0 Å². The van der Waals surface area contributed by atoms with E-state index in [1.54, 1.807) is 0 Å². The van der Waals surface area contributed by atoms with Gasteiger partial charge in [0.25, 0.3) is 0 Å². The summed E-state index contributed by atoms with van der Waals surface area (Å²) in [5.74, 6) is 0. The van der Waals surface area contributed by atoms with Crippen molar-refractivity contribution in [3.63, 3.8) is 0 Å². The van der Waals surface area contributed by atoms with Gasteiger partial charge in [0.1, 0.15) is 0 Å². The summed E-state index contributed by atoms with van der Waals surface area (Å²) in [6, 6.07) is 54.8. The van der Waals surface area contributed by atoms with Crippen molar-refractivity contribution in [2.75, 3.05) is 10.2 Å². The SMILES string of the molecule is [Se]=P(c1ccccc1)(c1ccccc1)c1ccc(-c2ccc3c4c(ccc3c2)-c2ccccc2C2Nc3ccccc3N42)nc1. The number of nitrogens with zero attached hydrogens (tertiary/aromatic N) is 2. The summed E-state index contributed by atoms with van der Waals surface area (Å²) in [4.78, 5) is 7.54. The number of benzene rings is 6. The fourth-order valence-corrected chi connectivity index (χ4v) is 11.8. The molecule has 7 aromatic rings. The van der Waals surface area contributed by atoms with Crippen LogP contribution in [-0.4, -0.2) is 20.1 Å². The third-order valence-corrected chi connectivity index (χ3v) is 16.2. The topological polar surface area (TPSA) is 28.2 Å². The number of aromatic nitrogens is 1. The molecule has 0 saturated carbocycles. The first-order valence-electron chi connectivity index (χ1n) is 15.2. The third-order valence-electron chi connectivity index (χ3n) is 9.14. The Hall–Kier alpha value is -4.72. The van der Waals surface area contributed by atoms with Crippen LogP contribution in [0.1, 0.15) is 11.7 Å². The summed E-state index contributed by atoms with van der Waals surface area (Å²) >= 11 is 3.65.